The highest BCUT2D eigenvalue weighted by Gasteiger charge is 2.50. The summed E-state index contributed by atoms with van der Waals surface area (Å²) in [6.45, 7) is 2.97. The van der Waals surface area contributed by atoms with Crippen molar-refractivity contribution in [1.82, 2.24) is 10.2 Å². The lowest BCUT2D eigenvalue weighted by Crippen LogP contribution is -2.44. The zero-order chi connectivity index (χ0) is 12.9. The van der Waals surface area contributed by atoms with Crippen LogP contribution in [0.3, 0.4) is 0 Å². The Balaban J connectivity index is 2.42. The van der Waals surface area contributed by atoms with Gasteiger partial charge < -0.3 is 15.3 Å². The van der Waals surface area contributed by atoms with Gasteiger partial charge in [0.05, 0.1) is 12.0 Å². The van der Waals surface area contributed by atoms with Crippen molar-refractivity contribution in [2.75, 3.05) is 19.6 Å². The Morgan fingerprint density at radius 2 is 2.18 bits per heavy atom. The second-order valence-corrected chi connectivity index (χ2v) is 4.37. The Hall–Kier alpha value is -1.70. The van der Waals surface area contributed by atoms with E-state index in [4.69, 9.17) is 11.5 Å². The van der Waals surface area contributed by atoms with Gasteiger partial charge in [-0.2, -0.15) is 0 Å². The minimum atomic E-state index is -0.836. The van der Waals surface area contributed by atoms with Crippen LogP contribution in [0.4, 0.5) is 4.79 Å². The van der Waals surface area contributed by atoms with E-state index in [0.717, 1.165) is 6.42 Å². The molecule has 0 unspecified atom stereocenters. The van der Waals surface area contributed by atoms with Gasteiger partial charge in [0.2, 0.25) is 0 Å². The van der Waals surface area contributed by atoms with Gasteiger partial charge in [-0.3, -0.25) is 4.79 Å². The molecule has 1 aliphatic carbocycles. The molecule has 0 aliphatic heterocycles. The first-order valence-electron chi connectivity index (χ1n) is 5.75. The Bertz CT molecular complexity index is 342. The molecule has 17 heavy (non-hydrogen) atoms. The van der Waals surface area contributed by atoms with E-state index < -0.39 is 11.4 Å². The van der Waals surface area contributed by atoms with Gasteiger partial charge in [0.15, 0.2) is 0 Å². The molecule has 2 amide bonds. The molecule has 0 spiro atoms. The molecule has 1 aliphatic rings. The first-order chi connectivity index (χ1) is 8.05. The maximum Gasteiger partial charge on any atom is 0.318 e. The van der Waals surface area contributed by atoms with Crippen molar-refractivity contribution in [1.29, 1.82) is 0 Å². The summed E-state index contributed by atoms with van der Waals surface area (Å²) in [7, 11) is 0. The average molecular weight is 238 g/mol. The fourth-order valence-electron chi connectivity index (χ4n) is 1.61. The third kappa shape index (κ3) is 3.38. The predicted molar refractivity (Wildman–Crippen MR) is 63.4 cm³/mol. The molecule has 5 heteroatoms. The Kier molecular flexibility index (Phi) is 4.38. The highest BCUT2D eigenvalue weighted by Crippen LogP contribution is 2.45. The van der Waals surface area contributed by atoms with Gasteiger partial charge in [-0.05, 0) is 19.3 Å². The van der Waals surface area contributed by atoms with Crippen molar-refractivity contribution in [3.8, 4) is 12.3 Å². The lowest BCUT2D eigenvalue weighted by Gasteiger charge is -2.21. The van der Waals surface area contributed by atoms with Crippen molar-refractivity contribution in [2.24, 2.45) is 5.41 Å². The average Bonchev–Trinajstić information content (AvgIpc) is 3.07. The molecule has 1 fully saturated rings. The number of urea groups is 1. The molecule has 0 radical (unpaired) electrons. The van der Waals surface area contributed by atoms with Crippen LogP contribution in [0.5, 0.6) is 0 Å². The normalized spacial score (nSPS) is 15.8. The summed E-state index contributed by atoms with van der Waals surface area (Å²) >= 11 is 0. The van der Waals surface area contributed by atoms with Crippen LogP contribution in [-0.2, 0) is 4.79 Å². The highest BCUT2D eigenvalue weighted by molar-refractivity contribution is 5.80. The summed E-state index contributed by atoms with van der Waals surface area (Å²) in [6, 6.07) is -0.280. The molecule has 0 heterocycles. The van der Waals surface area contributed by atoms with Crippen molar-refractivity contribution in [3.63, 3.8) is 0 Å². The quantitative estimate of drug-likeness (QED) is 0.676. The number of aliphatic carboxylic acids is 1. The Morgan fingerprint density at radius 1 is 1.53 bits per heavy atom. The fraction of sp³-hybridized carbons (Fsp3) is 0.667. The number of nitrogens with one attached hydrogen (secondary N) is 1. The van der Waals surface area contributed by atoms with E-state index in [0.29, 0.717) is 19.4 Å². The minimum absolute atomic E-state index is 0.186. The summed E-state index contributed by atoms with van der Waals surface area (Å²) in [5.74, 6) is 1.58. The number of rotatable bonds is 6. The maximum absolute atomic E-state index is 11.7. The van der Waals surface area contributed by atoms with Gasteiger partial charge in [0, 0.05) is 13.1 Å². The van der Waals surface area contributed by atoms with Gasteiger partial charge in [0.25, 0.3) is 0 Å². The van der Waals surface area contributed by atoms with Gasteiger partial charge >= 0.3 is 12.0 Å². The fourth-order valence-corrected chi connectivity index (χ4v) is 1.61. The van der Waals surface area contributed by atoms with Crippen LogP contribution < -0.4 is 5.32 Å². The summed E-state index contributed by atoms with van der Waals surface area (Å²) in [6.07, 6.45) is 7.25. The Morgan fingerprint density at radius 3 is 2.59 bits per heavy atom. The van der Waals surface area contributed by atoms with Crippen LogP contribution in [0.15, 0.2) is 0 Å². The van der Waals surface area contributed by atoms with E-state index in [9.17, 15) is 9.59 Å². The molecule has 2 N–H and O–H groups in total. The second kappa shape index (κ2) is 5.58. The maximum atomic E-state index is 11.7. The van der Waals surface area contributed by atoms with Crippen LogP contribution in [0.1, 0.15) is 26.2 Å². The van der Waals surface area contributed by atoms with Crippen molar-refractivity contribution >= 4 is 12.0 Å². The van der Waals surface area contributed by atoms with Crippen LogP contribution in [0, 0.1) is 17.8 Å². The van der Waals surface area contributed by atoms with Gasteiger partial charge in [0.1, 0.15) is 0 Å². The number of carbonyl (C=O) groups excluding carboxylic acids is 1. The van der Waals surface area contributed by atoms with Gasteiger partial charge in [-0.15, -0.1) is 6.42 Å². The third-order valence-electron chi connectivity index (χ3n) is 2.95. The molecular weight excluding hydrogens is 220 g/mol. The highest BCUT2D eigenvalue weighted by atomic mass is 16.4. The molecule has 0 aromatic heterocycles. The molecule has 0 aromatic rings. The number of hydrogen-bond acceptors (Lipinski definition) is 2. The number of carbonyl (C=O) groups is 2. The first kappa shape index (κ1) is 13.4. The first-order valence-corrected chi connectivity index (χ1v) is 5.75. The summed E-state index contributed by atoms with van der Waals surface area (Å²) in [5.41, 5.74) is -0.732. The number of carboxylic acids is 1. The minimum Gasteiger partial charge on any atom is -0.481 e. The van der Waals surface area contributed by atoms with E-state index >= 15 is 0 Å². The zero-order valence-corrected chi connectivity index (χ0v) is 10.0. The summed E-state index contributed by atoms with van der Waals surface area (Å²) in [4.78, 5) is 24.2. The van der Waals surface area contributed by atoms with Gasteiger partial charge in [-0.1, -0.05) is 12.8 Å². The third-order valence-corrected chi connectivity index (χ3v) is 2.95. The zero-order valence-electron chi connectivity index (χ0n) is 10.0. The van der Waals surface area contributed by atoms with Crippen LogP contribution >= 0.6 is 0 Å². The number of carboxylic acid groups (broad SMARTS) is 1. The van der Waals surface area contributed by atoms with Crippen molar-refractivity contribution in [2.45, 2.75) is 26.2 Å². The van der Waals surface area contributed by atoms with Crippen molar-refractivity contribution < 1.29 is 14.7 Å². The molecule has 1 saturated carbocycles. The predicted octanol–water partition coefficient (Wildman–Crippen LogP) is 0.906. The van der Waals surface area contributed by atoms with E-state index in [1.165, 1.54) is 4.90 Å². The molecule has 94 valence electrons. The van der Waals surface area contributed by atoms with Gasteiger partial charge in [-0.25, -0.2) is 4.79 Å². The lowest BCUT2D eigenvalue weighted by atomic mass is 10.1. The number of terminal acetylenes is 1. The molecular formula is C12H18N2O3. The largest absolute Gasteiger partial charge is 0.481 e. The SMILES string of the molecule is C#CCN(CCC)C(=O)NCC1(C(=O)O)CC1. The van der Waals surface area contributed by atoms with Crippen LogP contribution in [0.25, 0.3) is 0 Å². The number of hydrogen-bond donors (Lipinski definition) is 2. The molecule has 1 rings (SSSR count). The second-order valence-electron chi connectivity index (χ2n) is 4.37. The van der Waals surface area contributed by atoms with E-state index in [2.05, 4.69) is 11.2 Å². The lowest BCUT2D eigenvalue weighted by molar-refractivity contribution is -0.143. The van der Waals surface area contributed by atoms with E-state index in [-0.39, 0.29) is 19.1 Å². The molecule has 5 nitrogen and oxygen atoms in total. The molecule has 0 saturated heterocycles. The van der Waals surface area contributed by atoms with E-state index in [1.54, 1.807) is 0 Å². The summed E-state index contributed by atoms with van der Waals surface area (Å²) < 4.78 is 0. The van der Waals surface area contributed by atoms with E-state index in [1.807, 2.05) is 6.92 Å². The standard InChI is InChI=1S/C12H18N2O3/c1-3-7-14(8-4-2)11(17)13-9-12(5-6-12)10(15)16/h1H,4-9H2,2H3,(H,13,17)(H,15,16). The van der Waals surface area contributed by atoms with Crippen LogP contribution in [0.2, 0.25) is 0 Å². The topological polar surface area (TPSA) is 69.6 Å². The number of nitrogens with zero attached hydrogens (tertiary/aromatic N) is 1. The monoisotopic (exact) mass is 238 g/mol. The molecule has 0 atom stereocenters. The van der Waals surface area contributed by atoms with Crippen LogP contribution in [-0.4, -0.2) is 41.6 Å². The van der Waals surface area contributed by atoms with Crippen molar-refractivity contribution in [3.05, 3.63) is 0 Å². The smallest absolute Gasteiger partial charge is 0.318 e. The summed E-state index contributed by atoms with van der Waals surface area (Å²) in [5, 5.41) is 11.6. The molecule has 0 aromatic carbocycles. The Labute approximate surface area is 101 Å². The molecule has 0 bridgehead atoms. The number of amides is 2.